The first kappa shape index (κ1) is 31.1. The van der Waals surface area contributed by atoms with Crippen LogP contribution in [-0.4, -0.2) is 24.5 Å². The molecule has 5 rings (SSSR count). The molecule has 0 bridgehead atoms. The summed E-state index contributed by atoms with van der Waals surface area (Å²) in [4.78, 5) is 40.0. The summed E-state index contributed by atoms with van der Waals surface area (Å²) in [6, 6.07) is 24.5. The Hall–Kier alpha value is -4.35. The average Bonchev–Trinajstić information content (AvgIpc) is 3.00. The molecule has 8 nitrogen and oxygen atoms in total. The summed E-state index contributed by atoms with van der Waals surface area (Å²) in [5.74, 6) is 0.0272. The zero-order valence-electron chi connectivity index (χ0n) is 23.9. The molecule has 1 aliphatic rings. The predicted molar refractivity (Wildman–Crippen MR) is 177 cm³/mol. The number of carbonyl (C=O) groups excluding carboxylic acids is 3. The number of nitrogens with one attached hydrogen (secondary N) is 1. The van der Waals surface area contributed by atoms with E-state index in [0.717, 1.165) is 21.6 Å². The van der Waals surface area contributed by atoms with Crippen molar-refractivity contribution in [2.45, 2.75) is 27.1 Å². The second-order valence-electron chi connectivity index (χ2n) is 9.90. The number of amides is 4. The van der Waals surface area contributed by atoms with E-state index in [1.165, 1.54) is 6.08 Å². The maximum Gasteiger partial charge on any atom is 0.335 e. The van der Waals surface area contributed by atoms with Crippen molar-refractivity contribution in [3.63, 3.8) is 0 Å². The first-order valence-corrected chi connectivity index (χ1v) is 15.2. The number of aryl methyl sites for hydroxylation is 1. The van der Waals surface area contributed by atoms with Crippen molar-refractivity contribution in [3.05, 3.63) is 121 Å². The van der Waals surface area contributed by atoms with Crippen LogP contribution in [0.25, 0.3) is 6.08 Å². The molecule has 44 heavy (non-hydrogen) atoms. The Labute approximate surface area is 273 Å². The van der Waals surface area contributed by atoms with Crippen LogP contribution in [0.15, 0.2) is 90.5 Å². The Morgan fingerprint density at radius 1 is 0.841 bits per heavy atom. The van der Waals surface area contributed by atoms with E-state index in [1.807, 2.05) is 50.2 Å². The second kappa shape index (κ2) is 14.0. The van der Waals surface area contributed by atoms with Crippen LogP contribution in [0.1, 0.15) is 29.2 Å². The molecule has 0 unspecified atom stereocenters. The monoisotopic (exact) mass is 722 g/mol. The highest BCUT2D eigenvalue weighted by Gasteiger charge is 2.37. The number of carbonyl (C=O) groups is 3. The van der Waals surface area contributed by atoms with Crippen LogP contribution in [0.2, 0.25) is 5.02 Å². The molecule has 224 valence electrons. The molecule has 1 fully saturated rings. The van der Waals surface area contributed by atoms with E-state index in [9.17, 15) is 14.4 Å². The quantitative estimate of drug-likeness (QED) is 0.104. The summed E-state index contributed by atoms with van der Waals surface area (Å²) >= 11 is 8.10. The van der Waals surface area contributed by atoms with Crippen LogP contribution in [0, 0.1) is 10.5 Å². The van der Waals surface area contributed by atoms with E-state index in [-0.39, 0.29) is 5.57 Å². The summed E-state index contributed by atoms with van der Waals surface area (Å²) in [6.45, 7) is 4.91. The van der Waals surface area contributed by atoms with Crippen molar-refractivity contribution in [2.75, 3.05) is 11.5 Å². The Morgan fingerprint density at radius 2 is 1.48 bits per heavy atom. The van der Waals surface area contributed by atoms with Crippen LogP contribution in [0.4, 0.5) is 10.5 Å². The van der Waals surface area contributed by atoms with Crippen molar-refractivity contribution >= 4 is 63.8 Å². The van der Waals surface area contributed by atoms with Gasteiger partial charge in [0.15, 0.2) is 11.5 Å². The number of benzene rings is 4. The van der Waals surface area contributed by atoms with Gasteiger partial charge in [0.1, 0.15) is 24.5 Å². The number of urea groups is 1. The van der Waals surface area contributed by atoms with Gasteiger partial charge in [-0.15, -0.1) is 0 Å². The predicted octanol–water partition coefficient (Wildman–Crippen LogP) is 7.48. The largest absolute Gasteiger partial charge is 0.490 e. The Kier molecular flexibility index (Phi) is 9.86. The van der Waals surface area contributed by atoms with Gasteiger partial charge in [-0.25, -0.2) is 9.69 Å². The molecule has 4 amide bonds. The topological polar surface area (TPSA) is 94.2 Å². The number of ether oxygens (including phenoxy) is 3. The molecule has 0 radical (unpaired) electrons. The SMILES string of the molecule is CCOc1cc(/C=C2\C(=O)NC(=O)N(c3ccc(OCc4ccc(C)cc4)cc3)C2=O)cc(I)c1OCc1ccc(Cl)cc1. The molecule has 4 aromatic carbocycles. The number of nitrogens with zero attached hydrogens (tertiary/aromatic N) is 1. The fraction of sp³-hybridized carbons (Fsp3) is 0.147. The molecular weight excluding hydrogens is 695 g/mol. The molecule has 0 atom stereocenters. The molecule has 0 aliphatic carbocycles. The maximum atomic E-state index is 13.5. The number of hydrogen-bond donors (Lipinski definition) is 1. The van der Waals surface area contributed by atoms with Crippen LogP contribution < -0.4 is 24.4 Å². The number of halogens is 2. The van der Waals surface area contributed by atoms with Gasteiger partial charge in [0, 0.05) is 5.02 Å². The van der Waals surface area contributed by atoms with E-state index in [2.05, 4.69) is 27.9 Å². The van der Waals surface area contributed by atoms with Gasteiger partial charge in [0.05, 0.1) is 15.9 Å². The summed E-state index contributed by atoms with van der Waals surface area (Å²) in [5, 5.41) is 2.90. The molecule has 0 saturated carbocycles. The van der Waals surface area contributed by atoms with Crippen molar-refractivity contribution in [1.29, 1.82) is 0 Å². The number of rotatable bonds is 10. The van der Waals surface area contributed by atoms with E-state index < -0.39 is 17.8 Å². The van der Waals surface area contributed by atoms with Crippen molar-refractivity contribution in [1.82, 2.24) is 5.32 Å². The molecule has 1 N–H and O–H groups in total. The molecular formula is C34H28ClIN2O6. The highest BCUT2D eigenvalue weighted by molar-refractivity contribution is 14.1. The van der Waals surface area contributed by atoms with Gasteiger partial charge in [-0.05, 0) is 108 Å². The van der Waals surface area contributed by atoms with Gasteiger partial charge in [0.25, 0.3) is 11.8 Å². The first-order valence-electron chi connectivity index (χ1n) is 13.7. The van der Waals surface area contributed by atoms with Crippen LogP contribution in [0.5, 0.6) is 17.2 Å². The first-order chi connectivity index (χ1) is 21.2. The fourth-order valence-corrected chi connectivity index (χ4v) is 5.32. The van der Waals surface area contributed by atoms with Gasteiger partial charge in [-0.2, -0.15) is 0 Å². The smallest absolute Gasteiger partial charge is 0.335 e. The molecule has 1 heterocycles. The maximum absolute atomic E-state index is 13.5. The van der Waals surface area contributed by atoms with Crippen LogP contribution in [-0.2, 0) is 22.8 Å². The summed E-state index contributed by atoms with van der Waals surface area (Å²) < 4.78 is 18.5. The van der Waals surface area contributed by atoms with Gasteiger partial charge in [0.2, 0.25) is 0 Å². The van der Waals surface area contributed by atoms with E-state index in [4.69, 9.17) is 25.8 Å². The van der Waals surface area contributed by atoms with Crippen molar-refractivity contribution in [2.24, 2.45) is 0 Å². The Bertz CT molecular complexity index is 1720. The van der Waals surface area contributed by atoms with E-state index >= 15 is 0 Å². The molecule has 0 spiro atoms. The van der Waals surface area contributed by atoms with Crippen LogP contribution in [0.3, 0.4) is 0 Å². The second-order valence-corrected chi connectivity index (χ2v) is 11.5. The Balaban J connectivity index is 1.35. The lowest BCUT2D eigenvalue weighted by Gasteiger charge is -2.26. The van der Waals surface area contributed by atoms with Crippen molar-refractivity contribution in [3.8, 4) is 17.2 Å². The van der Waals surface area contributed by atoms with Gasteiger partial charge >= 0.3 is 6.03 Å². The summed E-state index contributed by atoms with van der Waals surface area (Å²) in [5.41, 5.74) is 3.74. The van der Waals surface area contributed by atoms with Gasteiger partial charge in [-0.1, -0.05) is 53.6 Å². The third-order valence-electron chi connectivity index (χ3n) is 6.66. The molecule has 10 heteroatoms. The van der Waals surface area contributed by atoms with Gasteiger partial charge < -0.3 is 14.2 Å². The molecule has 1 aliphatic heterocycles. The highest BCUT2D eigenvalue weighted by atomic mass is 127. The molecule has 4 aromatic rings. The lowest BCUT2D eigenvalue weighted by molar-refractivity contribution is -0.122. The third-order valence-corrected chi connectivity index (χ3v) is 7.72. The third kappa shape index (κ3) is 7.40. The number of barbiturate groups is 1. The molecule has 1 saturated heterocycles. The molecule has 0 aromatic heterocycles. The summed E-state index contributed by atoms with van der Waals surface area (Å²) in [6.07, 6.45) is 1.43. The Morgan fingerprint density at radius 3 is 2.14 bits per heavy atom. The lowest BCUT2D eigenvalue weighted by atomic mass is 10.1. The van der Waals surface area contributed by atoms with Gasteiger partial charge in [-0.3, -0.25) is 14.9 Å². The number of hydrogen-bond acceptors (Lipinski definition) is 6. The van der Waals surface area contributed by atoms with Crippen LogP contribution >= 0.6 is 34.2 Å². The minimum absolute atomic E-state index is 0.197. The zero-order valence-corrected chi connectivity index (χ0v) is 26.8. The zero-order chi connectivity index (χ0) is 31.2. The minimum Gasteiger partial charge on any atom is -0.490 e. The number of imide groups is 2. The normalized spacial score (nSPS) is 14.0. The average molecular weight is 723 g/mol. The standard InChI is InChI=1S/C34H28ClIN2O6/c1-3-42-30-18-24(17-29(36)31(30)44-20-23-8-10-25(35)11-9-23)16-28-32(39)37-34(41)38(33(28)40)26-12-14-27(15-13-26)43-19-22-6-4-21(2)5-7-22/h4-18H,3,19-20H2,1-2H3,(H,37,39,41)/b28-16+. The minimum atomic E-state index is -0.832. The van der Waals surface area contributed by atoms with Crippen molar-refractivity contribution < 1.29 is 28.6 Å². The number of anilines is 1. The highest BCUT2D eigenvalue weighted by Crippen LogP contribution is 2.36. The fourth-order valence-electron chi connectivity index (χ4n) is 4.41. The van der Waals surface area contributed by atoms with E-state index in [0.29, 0.717) is 56.9 Å². The summed E-state index contributed by atoms with van der Waals surface area (Å²) in [7, 11) is 0. The van der Waals surface area contributed by atoms with E-state index in [1.54, 1.807) is 48.5 Å². The lowest BCUT2D eigenvalue weighted by Crippen LogP contribution is -2.54.